The monoisotopic (exact) mass is 372 g/mol. The Morgan fingerprint density at radius 2 is 2.00 bits per heavy atom. The second kappa shape index (κ2) is 9.38. The fourth-order valence-electron chi connectivity index (χ4n) is 2.45. The number of rotatable bonds is 7. The van der Waals surface area contributed by atoms with Gasteiger partial charge in [-0.1, -0.05) is 23.9 Å². The molecule has 0 N–H and O–H groups in total. The predicted molar refractivity (Wildman–Crippen MR) is 105 cm³/mol. The molecule has 0 saturated carbocycles. The van der Waals surface area contributed by atoms with Crippen LogP contribution in [0.3, 0.4) is 0 Å². The van der Waals surface area contributed by atoms with Crippen LogP contribution in [-0.2, 0) is 9.53 Å². The standard InChI is InChI=1S/C20H24N2O3S/c1-5-22(16-9-6-8-15(4)12-16)18(23)13-26-19-17(10-7-11-21-19)20(24)25-14(2)3/h6-12,14H,5,13H2,1-4H3. The first-order valence-electron chi connectivity index (χ1n) is 8.58. The topological polar surface area (TPSA) is 59.5 Å². The highest BCUT2D eigenvalue weighted by Gasteiger charge is 2.19. The number of anilines is 1. The lowest BCUT2D eigenvalue weighted by Gasteiger charge is -2.21. The molecule has 2 aromatic rings. The molecule has 26 heavy (non-hydrogen) atoms. The smallest absolute Gasteiger partial charge is 0.341 e. The summed E-state index contributed by atoms with van der Waals surface area (Å²) in [6.45, 7) is 8.11. The van der Waals surface area contributed by atoms with Crippen LogP contribution in [0, 0.1) is 6.92 Å². The second-order valence-corrected chi connectivity index (χ2v) is 7.04. The number of aryl methyl sites for hydroxylation is 1. The minimum Gasteiger partial charge on any atom is -0.459 e. The molecule has 6 heteroatoms. The van der Waals surface area contributed by atoms with Crippen LogP contribution in [0.2, 0.25) is 0 Å². The van der Waals surface area contributed by atoms with Crippen LogP contribution in [0.4, 0.5) is 5.69 Å². The maximum Gasteiger partial charge on any atom is 0.341 e. The van der Waals surface area contributed by atoms with E-state index >= 15 is 0 Å². The van der Waals surface area contributed by atoms with Crippen molar-refractivity contribution in [1.29, 1.82) is 0 Å². The largest absolute Gasteiger partial charge is 0.459 e. The Morgan fingerprint density at radius 1 is 1.23 bits per heavy atom. The van der Waals surface area contributed by atoms with E-state index in [1.807, 2.05) is 38.1 Å². The number of pyridine rings is 1. The minimum absolute atomic E-state index is 0.0306. The summed E-state index contributed by atoms with van der Waals surface area (Å²) in [4.78, 5) is 30.9. The van der Waals surface area contributed by atoms with Gasteiger partial charge in [-0.05, 0) is 57.5 Å². The van der Waals surface area contributed by atoms with Gasteiger partial charge in [0.05, 0.1) is 17.4 Å². The van der Waals surface area contributed by atoms with Crippen LogP contribution in [0.5, 0.6) is 0 Å². The van der Waals surface area contributed by atoms with Crippen LogP contribution in [-0.4, -0.2) is 35.3 Å². The summed E-state index contributed by atoms with van der Waals surface area (Å²) in [6.07, 6.45) is 1.40. The number of hydrogen-bond donors (Lipinski definition) is 0. The molecule has 0 spiro atoms. The van der Waals surface area contributed by atoms with Crippen molar-refractivity contribution in [2.24, 2.45) is 0 Å². The Kier molecular flexibility index (Phi) is 7.21. The number of hydrogen-bond acceptors (Lipinski definition) is 5. The van der Waals surface area contributed by atoms with Gasteiger partial charge in [-0.25, -0.2) is 9.78 Å². The van der Waals surface area contributed by atoms with Crippen molar-refractivity contribution in [1.82, 2.24) is 4.98 Å². The molecule has 1 amide bonds. The van der Waals surface area contributed by atoms with Crippen LogP contribution >= 0.6 is 11.8 Å². The number of thioether (sulfide) groups is 1. The van der Waals surface area contributed by atoms with Crippen molar-refractivity contribution in [2.75, 3.05) is 17.2 Å². The third kappa shape index (κ3) is 5.33. The highest BCUT2D eigenvalue weighted by Crippen LogP contribution is 2.23. The molecule has 1 aromatic heterocycles. The van der Waals surface area contributed by atoms with E-state index in [4.69, 9.17) is 4.74 Å². The minimum atomic E-state index is -0.422. The third-order valence-corrected chi connectivity index (χ3v) is 4.59. The predicted octanol–water partition coefficient (Wildman–Crippen LogP) is 4.10. The first-order valence-corrected chi connectivity index (χ1v) is 9.56. The average Bonchev–Trinajstić information content (AvgIpc) is 2.60. The van der Waals surface area contributed by atoms with Crippen LogP contribution < -0.4 is 4.90 Å². The van der Waals surface area contributed by atoms with Gasteiger partial charge in [-0.15, -0.1) is 0 Å². The molecule has 0 aliphatic rings. The van der Waals surface area contributed by atoms with Gasteiger partial charge in [-0.3, -0.25) is 4.79 Å². The Bertz CT molecular complexity index is 777. The van der Waals surface area contributed by atoms with E-state index in [1.54, 1.807) is 37.1 Å². The summed E-state index contributed by atoms with van der Waals surface area (Å²) in [5.41, 5.74) is 2.36. The van der Waals surface area contributed by atoms with Gasteiger partial charge in [0.2, 0.25) is 5.91 Å². The molecule has 0 aliphatic heterocycles. The van der Waals surface area contributed by atoms with E-state index < -0.39 is 5.97 Å². The summed E-state index contributed by atoms with van der Waals surface area (Å²) < 4.78 is 5.25. The SMILES string of the molecule is CCN(C(=O)CSc1ncccc1C(=O)OC(C)C)c1cccc(C)c1. The maximum atomic E-state index is 12.7. The van der Waals surface area contributed by atoms with Gasteiger partial charge >= 0.3 is 5.97 Å². The van der Waals surface area contributed by atoms with Gasteiger partial charge < -0.3 is 9.64 Å². The molecule has 0 fully saturated rings. The average molecular weight is 372 g/mol. The summed E-state index contributed by atoms with van der Waals surface area (Å²) in [7, 11) is 0. The third-order valence-electron chi connectivity index (χ3n) is 3.60. The Hall–Kier alpha value is -2.34. The molecule has 0 saturated heterocycles. The fourth-order valence-corrected chi connectivity index (χ4v) is 3.30. The lowest BCUT2D eigenvalue weighted by molar-refractivity contribution is -0.116. The molecule has 0 atom stereocenters. The zero-order valence-electron chi connectivity index (χ0n) is 15.6. The normalized spacial score (nSPS) is 10.7. The number of carbonyl (C=O) groups excluding carboxylic acids is 2. The van der Waals surface area contributed by atoms with E-state index in [2.05, 4.69) is 4.98 Å². The van der Waals surface area contributed by atoms with Gasteiger partial charge in [-0.2, -0.15) is 0 Å². The number of nitrogens with zero attached hydrogens (tertiary/aromatic N) is 2. The number of carbonyl (C=O) groups is 2. The molecular weight excluding hydrogens is 348 g/mol. The van der Waals surface area contributed by atoms with Crippen LogP contribution in [0.1, 0.15) is 36.7 Å². The number of benzene rings is 1. The van der Waals surface area contributed by atoms with E-state index in [1.165, 1.54) is 11.8 Å². The van der Waals surface area contributed by atoms with E-state index in [-0.39, 0.29) is 17.8 Å². The van der Waals surface area contributed by atoms with E-state index in [0.717, 1.165) is 11.3 Å². The lowest BCUT2D eigenvalue weighted by Crippen LogP contribution is -2.32. The number of esters is 1. The zero-order valence-corrected chi connectivity index (χ0v) is 16.4. The van der Waals surface area contributed by atoms with Crippen molar-refractivity contribution < 1.29 is 14.3 Å². The highest BCUT2D eigenvalue weighted by atomic mass is 32.2. The first-order chi connectivity index (χ1) is 12.4. The maximum absolute atomic E-state index is 12.7. The summed E-state index contributed by atoms with van der Waals surface area (Å²) in [5.74, 6) is -0.258. The molecule has 1 aromatic carbocycles. The van der Waals surface area contributed by atoms with Gasteiger partial charge in [0.25, 0.3) is 0 Å². The molecule has 0 aliphatic carbocycles. The Labute approximate surface area is 158 Å². The lowest BCUT2D eigenvalue weighted by atomic mass is 10.2. The molecule has 1 heterocycles. The van der Waals surface area contributed by atoms with Crippen LogP contribution in [0.15, 0.2) is 47.6 Å². The van der Waals surface area contributed by atoms with Gasteiger partial charge in [0.1, 0.15) is 5.03 Å². The number of aromatic nitrogens is 1. The molecule has 5 nitrogen and oxygen atoms in total. The second-order valence-electron chi connectivity index (χ2n) is 6.08. The summed E-state index contributed by atoms with van der Waals surface area (Å²) >= 11 is 1.25. The molecular formula is C20H24N2O3S. The van der Waals surface area contributed by atoms with Gasteiger partial charge in [0, 0.05) is 18.4 Å². The van der Waals surface area contributed by atoms with Crippen molar-refractivity contribution in [3.8, 4) is 0 Å². The van der Waals surface area contributed by atoms with Crippen molar-refractivity contribution in [3.63, 3.8) is 0 Å². The number of ether oxygens (including phenoxy) is 1. The first kappa shape index (κ1) is 20.0. The Balaban J connectivity index is 2.10. The highest BCUT2D eigenvalue weighted by molar-refractivity contribution is 8.00. The molecule has 138 valence electrons. The fraction of sp³-hybridized carbons (Fsp3) is 0.350. The molecule has 0 bridgehead atoms. The van der Waals surface area contributed by atoms with E-state index in [9.17, 15) is 9.59 Å². The van der Waals surface area contributed by atoms with Crippen LogP contribution in [0.25, 0.3) is 0 Å². The van der Waals surface area contributed by atoms with Gasteiger partial charge in [0.15, 0.2) is 0 Å². The Morgan fingerprint density at radius 3 is 2.65 bits per heavy atom. The summed E-state index contributed by atoms with van der Waals surface area (Å²) in [5, 5.41) is 0.506. The number of amides is 1. The van der Waals surface area contributed by atoms with Crippen molar-refractivity contribution >= 4 is 29.3 Å². The summed E-state index contributed by atoms with van der Waals surface area (Å²) in [6, 6.07) is 11.2. The molecule has 0 unspecified atom stereocenters. The van der Waals surface area contributed by atoms with Crippen molar-refractivity contribution in [2.45, 2.75) is 38.8 Å². The zero-order chi connectivity index (χ0) is 19.1. The molecule has 2 rings (SSSR count). The van der Waals surface area contributed by atoms with E-state index in [0.29, 0.717) is 17.1 Å². The molecule has 0 radical (unpaired) electrons. The quantitative estimate of drug-likeness (QED) is 0.541. The van der Waals surface area contributed by atoms with Crippen molar-refractivity contribution in [3.05, 3.63) is 53.7 Å².